The molecule has 0 aliphatic carbocycles. The number of rotatable bonds is 13. The standard InChI is InChI=1S/C18H29N5O10/c19-9(7-24)17(31)23-5-1-2-12(23)16(30)22-11(8-25)15(29)20-6-13(26)21-10(18(32)33)3-4-14(27)28/h9-12,24-25H,1-8,19H2,(H,20,29)(H,21,26)(H,22,30)(H,27,28)(H,32,33)/t9-,10-,11-,12-/m0/s1. The van der Waals surface area contributed by atoms with Crippen LogP contribution in [0.1, 0.15) is 25.7 Å². The summed E-state index contributed by atoms with van der Waals surface area (Å²) >= 11 is 0. The van der Waals surface area contributed by atoms with Gasteiger partial charge in [-0.2, -0.15) is 0 Å². The zero-order valence-electron chi connectivity index (χ0n) is 17.7. The lowest BCUT2D eigenvalue weighted by Crippen LogP contribution is -2.57. The maximum Gasteiger partial charge on any atom is 0.326 e. The molecule has 9 N–H and O–H groups in total. The Balaban J connectivity index is 2.62. The summed E-state index contributed by atoms with van der Waals surface area (Å²) in [6.07, 6.45) is -0.0854. The summed E-state index contributed by atoms with van der Waals surface area (Å²) in [5, 5.41) is 42.6. The summed E-state index contributed by atoms with van der Waals surface area (Å²) in [5.41, 5.74) is 5.51. The average molecular weight is 475 g/mol. The number of likely N-dealkylation sites (tertiary alicyclic amines) is 1. The second kappa shape index (κ2) is 13.3. The van der Waals surface area contributed by atoms with Gasteiger partial charge >= 0.3 is 11.9 Å². The van der Waals surface area contributed by atoms with Gasteiger partial charge in [0, 0.05) is 13.0 Å². The number of carboxylic acids is 2. The molecule has 0 aromatic carbocycles. The summed E-state index contributed by atoms with van der Waals surface area (Å²) in [5.74, 6) is -5.92. The number of aliphatic carboxylic acids is 2. The predicted molar refractivity (Wildman–Crippen MR) is 108 cm³/mol. The van der Waals surface area contributed by atoms with Crippen LogP contribution in [0.3, 0.4) is 0 Å². The molecule has 4 amide bonds. The van der Waals surface area contributed by atoms with Gasteiger partial charge in [0.05, 0.1) is 19.8 Å². The van der Waals surface area contributed by atoms with E-state index in [1.54, 1.807) is 0 Å². The van der Waals surface area contributed by atoms with E-state index in [1.165, 1.54) is 4.90 Å². The Labute approximate surface area is 188 Å². The maximum absolute atomic E-state index is 12.5. The van der Waals surface area contributed by atoms with Gasteiger partial charge in [0.15, 0.2) is 0 Å². The zero-order valence-corrected chi connectivity index (χ0v) is 17.7. The fraction of sp³-hybridized carbons (Fsp3) is 0.667. The molecular formula is C18H29N5O10. The fourth-order valence-electron chi connectivity index (χ4n) is 3.12. The van der Waals surface area contributed by atoms with E-state index in [0.717, 1.165) is 0 Å². The van der Waals surface area contributed by atoms with E-state index in [1.807, 2.05) is 0 Å². The minimum Gasteiger partial charge on any atom is -0.481 e. The highest BCUT2D eigenvalue weighted by molar-refractivity contribution is 5.94. The molecule has 0 aromatic heterocycles. The number of amides is 4. The molecule has 1 aliphatic rings. The van der Waals surface area contributed by atoms with Crippen LogP contribution in [-0.4, -0.2) is 111 Å². The third-order valence-electron chi connectivity index (χ3n) is 4.87. The van der Waals surface area contributed by atoms with Crippen molar-refractivity contribution in [2.75, 3.05) is 26.3 Å². The Hall–Kier alpha value is -3.30. The third-order valence-corrected chi connectivity index (χ3v) is 4.87. The zero-order chi connectivity index (χ0) is 25.1. The largest absolute Gasteiger partial charge is 0.481 e. The van der Waals surface area contributed by atoms with Crippen LogP contribution in [0.5, 0.6) is 0 Å². The smallest absolute Gasteiger partial charge is 0.326 e. The molecule has 0 spiro atoms. The second-order valence-electron chi connectivity index (χ2n) is 7.33. The van der Waals surface area contributed by atoms with Crippen LogP contribution in [0, 0.1) is 0 Å². The summed E-state index contributed by atoms with van der Waals surface area (Å²) in [6.45, 7) is -1.90. The van der Waals surface area contributed by atoms with Crippen LogP contribution in [0.15, 0.2) is 0 Å². The lowest BCUT2D eigenvalue weighted by molar-refractivity contribution is -0.143. The molecule has 1 rings (SSSR count). The molecule has 186 valence electrons. The first-order valence-corrected chi connectivity index (χ1v) is 10.1. The van der Waals surface area contributed by atoms with E-state index in [2.05, 4.69) is 16.0 Å². The monoisotopic (exact) mass is 475 g/mol. The number of hydrogen-bond donors (Lipinski definition) is 8. The minimum atomic E-state index is -1.48. The molecule has 0 aromatic rings. The van der Waals surface area contributed by atoms with Gasteiger partial charge in [-0.3, -0.25) is 24.0 Å². The van der Waals surface area contributed by atoms with Crippen LogP contribution in [-0.2, 0) is 28.8 Å². The highest BCUT2D eigenvalue weighted by Crippen LogP contribution is 2.18. The lowest BCUT2D eigenvalue weighted by atomic mass is 10.1. The van der Waals surface area contributed by atoms with Crippen LogP contribution < -0.4 is 21.7 Å². The van der Waals surface area contributed by atoms with Crippen molar-refractivity contribution in [2.24, 2.45) is 5.73 Å². The van der Waals surface area contributed by atoms with Gasteiger partial charge in [-0.05, 0) is 19.3 Å². The number of aliphatic hydroxyl groups is 2. The summed E-state index contributed by atoms with van der Waals surface area (Å²) in [6, 6.07) is -5.09. The molecule has 33 heavy (non-hydrogen) atoms. The third kappa shape index (κ3) is 8.63. The van der Waals surface area contributed by atoms with Gasteiger partial charge in [-0.15, -0.1) is 0 Å². The first-order valence-electron chi connectivity index (χ1n) is 10.1. The SMILES string of the molecule is N[C@@H](CO)C(=O)N1CCC[C@H]1C(=O)N[C@@H](CO)C(=O)NCC(=O)N[C@@H](CCC(=O)O)C(=O)O. The van der Waals surface area contributed by atoms with Crippen LogP contribution >= 0.6 is 0 Å². The topological polar surface area (TPSA) is 249 Å². The summed E-state index contributed by atoms with van der Waals surface area (Å²) < 4.78 is 0. The van der Waals surface area contributed by atoms with Crippen molar-refractivity contribution in [3.8, 4) is 0 Å². The van der Waals surface area contributed by atoms with Crippen LogP contribution in [0.25, 0.3) is 0 Å². The van der Waals surface area contributed by atoms with Crippen molar-refractivity contribution in [2.45, 2.75) is 49.9 Å². The van der Waals surface area contributed by atoms with E-state index in [9.17, 15) is 33.9 Å². The Morgan fingerprint density at radius 3 is 2.21 bits per heavy atom. The number of aliphatic hydroxyl groups excluding tert-OH is 2. The van der Waals surface area contributed by atoms with Crippen molar-refractivity contribution < 1.29 is 49.2 Å². The molecule has 1 heterocycles. The second-order valence-corrected chi connectivity index (χ2v) is 7.33. The summed E-state index contributed by atoms with van der Waals surface area (Å²) in [4.78, 5) is 71.7. The average Bonchev–Trinajstić information content (AvgIpc) is 3.26. The van der Waals surface area contributed by atoms with E-state index < -0.39 is 85.9 Å². The van der Waals surface area contributed by atoms with E-state index in [4.69, 9.17) is 21.1 Å². The molecular weight excluding hydrogens is 446 g/mol. The van der Waals surface area contributed by atoms with E-state index >= 15 is 0 Å². The molecule has 0 unspecified atom stereocenters. The highest BCUT2D eigenvalue weighted by Gasteiger charge is 2.37. The molecule has 0 radical (unpaired) electrons. The van der Waals surface area contributed by atoms with E-state index in [0.29, 0.717) is 6.42 Å². The number of nitrogens with zero attached hydrogens (tertiary/aromatic N) is 1. The maximum atomic E-state index is 12.5. The normalized spacial score (nSPS) is 18.0. The quantitative estimate of drug-likeness (QED) is 0.126. The Morgan fingerprint density at radius 2 is 1.67 bits per heavy atom. The highest BCUT2D eigenvalue weighted by atomic mass is 16.4. The Morgan fingerprint density at radius 1 is 1.00 bits per heavy atom. The van der Waals surface area contributed by atoms with Gasteiger partial charge in [0.1, 0.15) is 24.2 Å². The van der Waals surface area contributed by atoms with Crippen molar-refractivity contribution in [3.05, 3.63) is 0 Å². The lowest BCUT2D eigenvalue weighted by Gasteiger charge is -2.27. The minimum absolute atomic E-state index is 0.230. The van der Waals surface area contributed by atoms with Gasteiger partial charge in [-0.25, -0.2) is 4.79 Å². The number of carboxylic acid groups (broad SMARTS) is 2. The molecule has 0 bridgehead atoms. The van der Waals surface area contributed by atoms with Crippen LogP contribution in [0.2, 0.25) is 0 Å². The first-order chi connectivity index (χ1) is 15.5. The molecule has 4 atom stereocenters. The molecule has 1 aliphatic heterocycles. The van der Waals surface area contributed by atoms with Crippen molar-refractivity contribution in [1.29, 1.82) is 0 Å². The molecule has 1 fully saturated rings. The number of nitrogens with one attached hydrogen (secondary N) is 3. The van der Waals surface area contributed by atoms with Gasteiger partial charge in [0.2, 0.25) is 23.6 Å². The Bertz CT molecular complexity index is 761. The van der Waals surface area contributed by atoms with Crippen molar-refractivity contribution in [1.82, 2.24) is 20.9 Å². The number of nitrogens with two attached hydrogens (primary N) is 1. The van der Waals surface area contributed by atoms with Gasteiger partial charge in [0.25, 0.3) is 0 Å². The number of carbonyl (C=O) groups is 6. The molecule has 0 saturated carbocycles. The van der Waals surface area contributed by atoms with Crippen LogP contribution in [0.4, 0.5) is 0 Å². The van der Waals surface area contributed by atoms with E-state index in [-0.39, 0.29) is 19.4 Å². The summed E-state index contributed by atoms with van der Waals surface area (Å²) in [7, 11) is 0. The van der Waals surface area contributed by atoms with Gasteiger partial charge < -0.3 is 47.0 Å². The van der Waals surface area contributed by atoms with Gasteiger partial charge in [-0.1, -0.05) is 0 Å². The fourth-order valence-corrected chi connectivity index (χ4v) is 3.12. The Kier molecular flexibility index (Phi) is 11.2. The molecule has 15 nitrogen and oxygen atoms in total. The molecule has 1 saturated heterocycles. The predicted octanol–water partition coefficient (Wildman–Crippen LogP) is -4.68. The first kappa shape index (κ1) is 27.7. The number of carbonyl (C=O) groups excluding carboxylic acids is 4. The number of hydrogen-bond acceptors (Lipinski definition) is 9. The molecule has 15 heteroatoms. The van der Waals surface area contributed by atoms with Crippen molar-refractivity contribution >= 4 is 35.6 Å². The van der Waals surface area contributed by atoms with Crippen molar-refractivity contribution in [3.63, 3.8) is 0 Å².